The maximum absolute atomic E-state index is 11.7. The third-order valence-corrected chi connectivity index (χ3v) is 2.15. The van der Waals surface area contributed by atoms with Crippen molar-refractivity contribution in [2.45, 2.75) is 0 Å². The van der Waals surface area contributed by atoms with Gasteiger partial charge in [-0.05, 0) is 24.4 Å². The van der Waals surface area contributed by atoms with E-state index >= 15 is 0 Å². The Bertz CT molecular complexity index is 433. The molecule has 0 fully saturated rings. The molecule has 0 unspecified atom stereocenters. The van der Waals surface area contributed by atoms with E-state index in [0.717, 1.165) is 0 Å². The first-order valence-electron chi connectivity index (χ1n) is 4.94. The van der Waals surface area contributed by atoms with Gasteiger partial charge in [0.15, 0.2) is 5.11 Å². The van der Waals surface area contributed by atoms with Crippen LogP contribution in [0.4, 0.5) is 5.69 Å². The Hall–Kier alpha value is -2.08. The van der Waals surface area contributed by atoms with E-state index in [4.69, 9.17) is 18.0 Å². The number of para-hydroxylation sites is 1. The van der Waals surface area contributed by atoms with E-state index in [2.05, 4.69) is 22.7 Å². The lowest BCUT2D eigenvalue weighted by Gasteiger charge is -2.11. The largest absolute Gasteiger partial charge is 0.398 e. The Balaban J connectivity index is 2.48. The van der Waals surface area contributed by atoms with E-state index in [1.54, 1.807) is 30.3 Å². The molecule has 0 aromatic heterocycles. The van der Waals surface area contributed by atoms with Gasteiger partial charge in [0.1, 0.15) is 0 Å². The Labute approximate surface area is 105 Å². The second-order valence-electron chi connectivity index (χ2n) is 3.17. The summed E-state index contributed by atoms with van der Waals surface area (Å²) in [6, 6.07) is 6.78. The summed E-state index contributed by atoms with van der Waals surface area (Å²) in [6.07, 6.45) is 1.66. The standard InChI is InChI=1S/C11H14N4OS/c1-2-7-13-11(17)15-14-10(16)8-5-3-4-6-9(8)12/h2-6H,1,7,12H2,(H,14,16)(H2,13,15,17). The lowest BCUT2D eigenvalue weighted by atomic mass is 10.2. The quantitative estimate of drug-likeness (QED) is 0.273. The van der Waals surface area contributed by atoms with Crippen LogP contribution in [0.15, 0.2) is 36.9 Å². The number of nitrogen functional groups attached to an aromatic ring is 1. The summed E-state index contributed by atoms with van der Waals surface area (Å²) in [5.41, 5.74) is 11.5. The summed E-state index contributed by atoms with van der Waals surface area (Å²) in [4.78, 5) is 11.7. The minimum Gasteiger partial charge on any atom is -0.398 e. The summed E-state index contributed by atoms with van der Waals surface area (Å²) >= 11 is 4.90. The molecule has 6 heteroatoms. The van der Waals surface area contributed by atoms with Gasteiger partial charge in [0.25, 0.3) is 5.91 Å². The smallest absolute Gasteiger partial charge is 0.271 e. The van der Waals surface area contributed by atoms with Crippen molar-refractivity contribution in [1.29, 1.82) is 0 Å². The molecule has 0 saturated heterocycles. The molecule has 5 nitrogen and oxygen atoms in total. The Kier molecular flexibility index (Phi) is 4.96. The highest BCUT2D eigenvalue weighted by molar-refractivity contribution is 7.80. The molecule has 0 saturated carbocycles. The van der Waals surface area contributed by atoms with Crippen LogP contribution in [0.3, 0.4) is 0 Å². The third-order valence-electron chi connectivity index (χ3n) is 1.90. The number of carbonyl (C=O) groups excluding carboxylic acids is 1. The van der Waals surface area contributed by atoms with E-state index < -0.39 is 0 Å². The Morgan fingerprint density at radius 1 is 1.41 bits per heavy atom. The van der Waals surface area contributed by atoms with E-state index in [1.807, 2.05) is 0 Å². The number of carbonyl (C=O) groups is 1. The monoisotopic (exact) mass is 250 g/mol. The molecule has 1 rings (SSSR count). The number of amides is 1. The minimum absolute atomic E-state index is 0.313. The molecule has 5 N–H and O–H groups in total. The van der Waals surface area contributed by atoms with Crippen LogP contribution in [-0.2, 0) is 0 Å². The predicted octanol–water partition coefficient (Wildman–Crippen LogP) is 0.564. The molecule has 1 aromatic carbocycles. The van der Waals surface area contributed by atoms with Crippen molar-refractivity contribution in [3.63, 3.8) is 0 Å². The number of rotatable bonds is 3. The fraction of sp³-hybridized carbons (Fsp3) is 0.0909. The third kappa shape index (κ3) is 4.12. The number of anilines is 1. The summed E-state index contributed by atoms with van der Waals surface area (Å²) in [5.74, 6) is -0.342. The van der Waals surface area contributed by atoms with Gasteiger partial charge in [0, 0.05) is 12.2 Å². The molecule has 0 radical (unpaired) electrons. The maximum atomic E-state index is 11.7. The Morgan fingerprint density at radius 3 is 2.76 bits per heavy atom. The highest BCUT2D eigenvalue weighted by Crippen LogP contribution is 2.09. The van der Waals surface area contributed by atoms with Crippen molar-refractivity contribution in [3.05, 3.63) is 42.5 Å². The van der Waals surface area contributed by atoms with Gasteiger partial charge in [0.05, 0.1) is 5.56 Å². The fourth-order valence-corrected chi connectivity index (χ4v) is 1.23. The van der Waals surface area contributed by atoms with E-state index in [-0.39, 0.29) is 5.91 Å². The van der Waals surface area contributed by atoms with Crippen molar-refractivity contribution in [1.82, 2.24) is 16.2 Å². The summed E-state index contributed by atoms with van der Waals surface area (Å²) in [5, 5.41) is 3.12. The summed E-state index contributed by atoms with van der Waals surface area (Å²) in [6.45, 7) is 4.06. The average molecular weight is 250 g/mol. The predicted molar refractivity (Wildman–Crippen MR) is 72.3 cm³/mol. The summed E-state index contributed by atoms with van der Waals surface area (Å²) < 4.78 is 0. The number of hydrogen-bond acceptors (Lipinski definition) is 3. The number of benzene rings is 1. The van der Waals surface area contributed by atoms with Gasteiger partial charge in [0.2, 0.25) is 0 Å². The zero-order valence-electron chi connectivity index (χ0n) is 9.19. The molecule has 0 aliphatic heterocycles. The lowest BCUT2D eigenvalue weighted by molar-refractivity contribution is 0.0944. The van der Waals surface area contributed by atoms with Gasteiger partial charge < -0.3 is 11.1 Å². The molecule has 0 aliphatic carbocycles. The van der Waals surface area contributed by atoms with E-state index in [1.165, 1.54) is 0 Å². The summed E-state index contributed by atoms with van der Waals surface area (Å²) in [7, 11) is 0. The van der Waals surface area contributed by atoms with Gasteiger partial charge in [-0.15, -0.1) is 6.58 Å². The van der Waals surface area contributed by atoms with Crippen molar-refractivity contribution < 1.29 is 4.79 Å². The van der Waals surface area contributed by atoms with Gasteiger partial charge in [-0.3, -0.25) is 15.6 Å². The molecule has 0 aliphatic rings. The molecular formula is C11H14N4OS. The van der Waals surface area contributed by atoms with Crippen molar-refractivity contribution in [3.8, 4) is 0 Å². The molecule has 1 aromatic rings. The number of nitrogens with one attached hydrogen (secondary N) is 3. The minimum atomic E-state index is -0.342. The number of hydrazine groups is 1. The maximum Gasteiger partial charge on any atom is 0.271 e. The van der Waals surface area contributed by atoms with Gasteiger partial charge in [-0.2, -0.15) is 0 Å². The lowest BCUT2D eigenvalue weighted by Crippen LogP contribution is -2.46. The SMILES string of the molecule is C=CCNC(=S)NNC(=O)c1ccccc1N. The molecule has 0 bridgehead atoms. The van der Waals surface area contributed by atoms with Crippen molar-refractivity contribution in [2.75, 3.05) is 12.3 Å². The van der Waals surface area contributed by atoms with Crippen LogP contribution < -0.4 is 21.9 Å². The first-order valence-corrected chi connectivity index (χ1v) is 5.35. The molecule has 90 valence electrons. The Morgan fingerprint density at radius 2 is 2.12 bits per heavy atom. The molecule has 0 heterocycles. The van der Waals surface area contributed by atoms with Crippen molar-refractivity contribution >= 4 is 28.9 Å². The average Bonchev–Trinajstić information content (AvgIpc) is 2.34. The molecule has 0 spiro atoms. The van der Waals surface area contributed by atoms with Gasteiger partial charge >= 0.3 is 0 Å². The van der Waals surface area contributed by atoms with Crippen LogP contribution in [0.2, 0.25) is 0 Å². The van der Waals surface area contributed by atoms with Crippen LogP contribution in [0, 0.1) is 0 Å². The topological polar surface area (TPSA) is 79.2 Å². The van der Waals surface area contributed by atoms with Gasteiger partial charge in [-0.25, -0.2) is 0 Å². The van der Waals surface area contributed by atoms with Gasteiger partial charge in [-0.1, -0.05) is 18.2 Å². The van der Waals surface area contributed by atoms with Crippen molar-refractivity contribution in [2.24, 2.45) is 0 Å². The molecular weight excluding hydrogens is 236 g/mol. The molecule has 1 amide bonds. The second kappa shape index (κ2) is 6.49. The number of hydrogen-bond donors (Lipinski definition) is 4. The zero-order valence-corrected chi connectivity index (χ0v) is 10.0. The first-order chi connectivity index (χ1) is 8.15. The van der Waals surface area contributed by atoms with Crippen LogP contribution in [0.5, 0.6) is 0 Å². The van der Waals surface area contributed by atoms with E-state index in [0.29, 0.717) is 22.9 Å². The number of thiocarbonyl (C=S) groups is 1. The highest BCUT2D eigenvalue weighted by atomic mass is 32.1. The molecule has 0 atom stereocenters. The van der Waals surface area contributed by atoms with Crippen LogP contribution in [0.25, 0.3) is 0 Å². The van der Waals surface area contributed by atoms with Crippen LogP contribution in [-0.4, -0.2) is 17.6 Å². The fourth-order valence-electron chi connectivity index (χ4n) is 1.09. The van der Waals surface area contributed by atoms with Crippen LogP contribution >= 0.6 is 12.2 Å². The first kappa shape index (κ1) is 13.0. The van der Waals surface area contributed by atoms with Crippen LogP contribution in [0.1, 0.15) is 10.4 Å². The zero-order chi connectivity index (χ0) is 12.7. The second-order valence-corrected chi connectivity index (χ2v) is 3.57. The van der Waals surface area contributed by atoms with E-state index in [9.17, 15) is 4.79 Å². The normalized spacial score (nSPS) is 9.18. The number of nitrogens with two attached hydrogens (primary N) is 1. The highest BCUT2D eigenvalue weighted by Gasteiger charge is 2.08. The molecule has 17 heavy (non-hydrogen) atoms.